The molecule has 0 spiro atoms. The van der Waals surface area contributed by atoms with Crippen molar-refractivity contribution >= 4 is 13.2 Å². The molecule has 0 radical (unpaired) electrons. The van der Waals surface area contributed by atoms with Crippen LogP contribution in [0.5, 0.6) is 0 Å². The third-order valence-electron chi connectivity index (χ3n) is 8.48. The van der Waals surface area contributed by atoms with Gasteiger partial charge in [-0.1, -0.05) is 44.2 Å². The largest absolute Gasteiger partial charge is 0.482 e. The molecule has 2 bridgehead atoms. The summed E-state index contributed by atoms with van der Waals surface area (Å²) in [6.45, 7) is 8.32. The van der Waals surface area contributed by atoms with Gasteiger partial charge in [0.1, 0.15) is 6.61 Å². The number of hydrogen-bond donors (Lipinski definition) is 2. The van der Waals surface area contributed by atoms with Crippen LogP contribution in [0, 0.1) is 17.3 Å². The standard InChI is InChI=1S/C24H35BN2O4/c1-23(2)17-13-19(23)24(3)20(14-17)30-25(31-24)21(12-16-8-5-4-6-9-16)27-22(28)29-15-18-10-7-11-26-18/h4-6,8-9,17-21,26H,7,10-15H2,1-3H3,(H,27,28)/t17-,18+,19-,20+,21?,24-/m0/s1. The van der Waals surface area contributed by atoms with Crippen LogP contribution < -0.4 is 10.6 Å². The molecule has 1 aromatic carbocycles. The van der Waals surface area contributed by atoms with Crippen LogP contribution in [-0.4, -0.2) is 50.1 Å². The Hall–Kier alpha value is -1.57. The smallest absolute Gasteiger partial charge is 0.448 e. The van der Waals surface area contributed by atoms with Crippen LogP contribution in [0.1, 0.15) is 52.0 Å². The average Bonchev–Trinajstić information content (AvgIpc) is 3.39. The van der Waals surface area contributed by atoms with Crippen LogP contribution in [0.25, 0.3) is 0 Å². The SMILES string of the molecule is CC1(C)[C@@H]2C[C@H]3OB(C(Cc4ccccc4)NC(=O)OC[C@H]4CCCN4)O[C@@]3(C)[C@H]1C2. The molecule has 6 nitrogen and oxygen atoms in total. The highest BCUT2D eigenvalue weighted by molar-refractivity contribution is 6.47. The third kappa shape index (κ3) is 3.89. The maximum absolute atomic E-state index is 12.7. The fourth-order valence-corrected chi connectivity index (χ4v) is 6.42. The molecule has 5 aliphatic rings. The Morgan fingerprint density at radius 2 is 2.10 bits per heavy atom. The monoisotopic (exact) mass is 426 g/mol. The highest BCUT2D eigenvalue weighted by Crippen LogP contribution is 2.65. The summed E-state index contributed by atoms with van der Waals surface area (Å²) in [5, 5.41) is 6.43. The first-order valence-electron chi connectivity index (χ1n) is 11.9. The van der Waals surface area contributed by atoms with Crippen molar-refractivity contribution in [2.24, 2.45) is 17.3 Å². The minimum absolute atomic E-state index is 0.0908. The van der Waals surface area contributed by atoms with Gasteiger partial charge in [-0.2, -0.15) is 0 Å². The van der Waals surface area contributed by atoms with E-state index >= 15 is 0 Å². The van der Waals surface area contributed by atoms with Gasteiger partial charge >= 0.3 is 13.2 Å². The Bertz CT molecular complexity index is 800. The van der Waals surface area contributed by atoms with E-state index in [1.807, 2.05) is 18.2 Å². The van der Waals surface area contributed by atoms with Crippen molar-refractivity contribution in [1.82, 2.24) is 10.6 Å². The van der Waals surface area contributed by atoms with Crippen LogP contribution in [0.15, 0.2) is 30.3 Å². The lowest BCUT2D eigenvalue weighted by Gasteiger charge is -2.64. The second-order valence-corrected chi connectivity index (χ2v) is 10.7. The Morgan fingerprint density at radius 1 is 1.29 bits per heavy atom. The maximum atomic E-state index is 12.7. The number of ether oxygens (including phenoxy) is 1. The number of rotatable bonds is 6. The van der Waals surface area contributed by atoms with Gasteiger partial charge in [-0.05, 0) is 68.4 Å². The predicted molar refractivity (Wildman–Crippen MR) is 120 cm³/mol. The van der Waals surface area contributed by atoms with E-state index < -0.39 is 13.2 Å². The molecule has 6 rings (SSSR count). The van der Waals surface area contributed by atoms with E-state index in [0.29, 0.717) is 30.3 Å². The summed E-state index contributed by atoms with van der Waals surface area (Å²) in [7, 11) is -0.470. The Balaban J connectivity index is 1.28. The number of carbonyl (C=O) groups excluding carboxylic acids is 1. The van der Waals surface area contributed by atoms with Crippen molar-refractivity contribution in [2.75, 3.05) is 13.2 Å². The lowest BCUT2D eigenvalue weighted by atomic mass is 9.43. The molecule has 6 atom stereocenters. The van der Waals surface area contributed by atoms with E-state index in [4.69, 9.17) is 14.0 Å². The predicted octanol–water partition coefficient (Wildman–Crippen LogP) is 3.34. The van der Waals surface area contributed by atoms with E-state index in [-0.39, 0.29) is 23.7 Å². The summed E-state index contributed by atoms with van der Waals surface area (Å²) in [6.07, 6.45) is 4.76. The zero-order valence-corrected chi connectivity index (χ0v) is 18.9. The minimum Gasteiger partial charge on any atom is -0.448 e. The number of alkyl carbamates (subject to hydrolysis) is 1. The Labute approximate surface area is 185 Å². The minimum atomic E-state index is -0.470. The first-order valence-corrected chi connectivity index (χ1v) is 11.9. The quantitative estimate of drug-likeness (QED) is 0.683. The molecule has 1 unspecified atom stereocenters. The summed E-state index contributed by atoms with van der Waals surface area (Å²) < 4.78 is 18.7. The summed E-state index contributed by atoms with van der Waals surface area (Å²) in [4.78, 5) is 12.7. The van der Waals surface area contributed by atoms with Crippen LogP contribution >= 0.6 is 0 Å². The van der Waals surface area contributed by atoms with E-state index in [0.717, 1.165) is 31.4 Å². The Morgan fingerprint density at radius 3 is 2.81 bits per heavy atom. The second-order valence-electron chi connectivity index (χ2n) is 10.7. The molecule has 2 heterocycles. The molecule has 7 heteroatoms. The fourth-order valence-electron chi connectivity index (χ4n) is 6.42. The van der Waals surface area contributed by atoms with Crippen molar-refractivity contribution in [3.8, 4) is 0 Å². The molecule has 3 saturated carbocycles. The van der Waals surface area contributed by atoms with Crippen molar-refractivity contribution in [3.05, 3.63) is 35.9 Å². The molecule has 168 valence electrons. The highest BCUT2D eigenvalue weighted by Gasteiger charge is 2.68. The van der Waals surface area contributed by atoms with Gasteiger partial charge in [0.15, 0.2) is 0 Å². The Kier molecular flexibility index (Phi) is 5.56. The summed E-state index contributed by atoms with van der Waals surface area (Å²) >= 11 is 0. The normalized spacial score (nSPS) is 36.4. The number of hydrogen-bond acceptors (Lipinski definition) is 5. The first kappa shape index (κ1) is 21.3. The van der Waals surface area contributed by atoms with Gasteiger partial charge in [-0.3, -0.25) is 0 Å². The van der Waals surface area contributed by atoms with Crippen molar-refractivity contribution in [3.63, 3.8) is 0 Å². The maximum Gasteiger partial charge on any atom is 0.482 e. The molecule has 5 fully saturated rings. The lowest BCUT2D eigenvalue weighted by molar-refractivity contribution is -0.199. The lowest BCUT2D eigenvalue weighted by Crippen LogP contribution is -2.65. The highest BCUT2D eigenvalue weighted by atomic mass is 16.7. The number of carbonyl (C=O) groups is 1. The molecule has 3 aliphatic carbocycles. The average molecular weight is 426 g/mol. The first-order chi connectivity index (χ1) is 14.9. The van der Waals surface area contributed by atoms with Crippen LogP contribution in [0.2, 0.25) is 0 Å². The van der Waals surface area contributed by atoms with Gasteiger partial charge in [0, 0.05) is 6.04 Å². The molecule has 0 aromatic heterocycles. The van der Waals surface area contributed by atoms with Crippen molar-refractivity contribution in [1.29, 1.82) is 0 Å². The number of benzene rings is 1. The molecule has 1 amide bonds. The summed E-state index contributed by atoms with van der Waals surface area (Å²) in [5.41, 5.74) is 1.14. The molecule has 2 saturated heterocycles. The van der Waals surface area contributed by atoms with Crippen LogP contribution in [0.4, 0.5) is 4.79 Å². The van der Waals surface area contributed by atoms with Crippen LogP contribution in [0.3, 0.4) is 0 Å². The van der Waals surface area contributed by atoms with Crippen molar-refractivity contribution < 1.29 is 18.8 Å². The van der Waals surface area contributed by atoms with E-state index in [9.17, 15) is 4.79 Å². The van der Waals surface area contributed by atoms with Gasteiger partial charge in [-0.25, -0.2) is 4.79 Å². The van der Waals surface area contributed by atoms with Crippen molar-refractivity contribution in [2.45, 2.75) is 76.6 Å². The third-order valence-corrected chi connectivity index (χ3v) is 8.48. The van der Waals surface area contributed by atoms with Gasteiger partial charge in [-0.15, -0.1) is 0 Å². The molecule has 1 aromatic rings. The fraction of sp³-hybridized carbons (Fsp3) is 0.708. The van der Waals surface area contributed by atoms with E-state index in [1.54, 1.807) is 0 Å². The zero-order chi connectivity index (χ0) is 21.6. The molecule has 2 N–H and O–H groups in total. The van der Waals surface area contributed by atoms with Gasteiger partial charge in [0.2, 0.25) is 0 Å². The van der Waals surface area contributed by atoms with Gasteiger partial charge < -0.3 is 24.7 Å². The molecular formula is C24H35BN2O4. The van der Waals surface area contributed by atoms with Gasteiger partial charge in [0.05, 0.1) is 17.6 Å². The topological polar surface area (TPSA) is 68.8 Å². The molecule has 31 heavy (non-hydrogen) atoms. The number of nitrogens with one attached hydrogen (secondary N) is 2. The molecule has 2 aliphatic heterocycles. The van der Waals surface area contributed by atoms with E-state index in [2.05, 4.69) is 43.5 Å². The second kappa shape index (κ2) is 8.09. The van der Waals surface area contributed by atoms with Gasteiger partial charge in [0.25, 0.3) is 0 Å². The zero-order valence-electron chi connectivity index (χ0n) is 18.9. The van der Waals surface area contributed by atoms with Crippen LogP contribution in [-0.2, 0) is 20.5 Å². The summed E-state index contributed by atoms with van der Waals surface area (Å²) in [5.74, 6) is 0.892. The summed E-state index contributed by atoms with van der Waals surface area (Å²) in [6, 6.07) is 10.4. The number of amides is 1. The molecular weight excluding hydrogens is 391 g/mol. The van der Waals surface area contributed by atoms with E-state index in [1.165, 1.54) is 6.42 Å².